The Kier molecular flexibility index (Phi) is 11.8. The monoisotopic (exact) mass is 691 g/mol. The Labute approximate surface area is 285 Å². The number of fused-ring (bicyclic) bond motifs is 2. The lowest BCUT2D eigenvalue weighted by Crippen LogP contribution is -2.61. The second-order valence-corrected chi connectivity index (χ2v) is 14.5. The van der Waals surface area contributed by atoms with E-state index in [4.69, 9.17) is 4.74 Å². The van der Waals surface area contributed by atoms with Crippen LogP contribution in [-0.4, -0.2) is 91.6 Å². The lowest BCUT2D eigenvalue weighted by atomic mass is 9.87. The fourth-order valence-corrected chi connectivity index (χ4v) is 7.13. The maximum atomic E-state index is 14.5. The van der Waals surface area contributed by atoms with Crippen LogP contribution < -0.4 is 21.3 Å². The molecule has 7 atom stereocenters. The molecule has 4 N–H and O–H groups in total. The number of nitrogens with one attached hydrogen (secondary N) is 4. The highest BCUT2D eigenvalue weighted by molar-refractivity contribution is 6.38. The van der Waals surface area contributed by atoms with Crippen LogP contribution in [0.25, 0.3) is 0 Å². The highest BCUT2D eigenvalue weighted by Gasteiger charge is 2.63. The van der Waals surface area contributed by atoms with E-state index in [0.717, 1.165) is 11.1 Å². The third-order valence-electron chi connectivity index (χ3n) is 10.1. The Morgan fingerprint density at radius 3 is 2.22 bits per heavy atom. The largest absolute Gasteiger partial charge is 0.389 e. The number of carbonyl (C=O) groups is 5. The van der Waals surface area contributed by atoms with Crippen LogP contribution in [0.2, 0.25) is 0 Å². The van der Waals surface area contributed by atoms with Crippen LogP contribution in [0.5, 0.6) is 0 Å². The molecule has 1 aliphatic heterocycles. The molecule has 14 heteroatoms. The van der Waals surface area contributed by atoms with E-state index in [2.05, 4.69) is 27.8 Å². The Hall–Kier alpha value is -3.94. The van der Waals surface area contributed by atoms with Crippen molar-refractivity contribution in [2.24, 2.45) is 29.1 Å². The van der Waals surface area contributed by atoms with E-state index in [1.165, 1.54) is 18.1 Å². The van der Waals surface area contributed by atoms with Crippen molar-refractivity contribution in [2.45, 2.75) is 83.7 Å². The van der Waals surface area contributed by atoms with Crippen molar-refractivity contribution in [1.29, 1.82) is 0 Å². The molecule has 0 aromatic heterocycles. The summed E-state index contributed by atoms with van der Waals surface area (Å²) in [6.07, 6.45) is -4.57. The summed E-state index contributed by atoms with van der Waals surface area (Å²) < 4.78 is 44.9. The molecule has 0 bridgehead atoms. The number of ketones is 1. The van der Waals surface area contributed by atoms with E-state index < -0.39 is 66.7 Å². The number of urea groups is 1. The zero-order chi connectivity index (χ0) is 36.3. The van der Waals surface area contributed by atoms with Gasteiger partial charge in [0.2, 0.25) is 17.6 Å². The van der Waals surface area contributed by atoms with Gasteiger partial charge >= 0.3 is 12.2 Å². The van der Waals surface area contributed by atoms with Crippen molar-refractivity contribution in [2.75, 3.05) is 26.8 Å². The van der Waals surface area contributed by atoms with E-state index in [9.17, 15) is 37.1 Å². The minimum absolute atomic E-state index is 0.0397. The van der Waals surface area contributed by atoms with E-state index in [-0.39, 0.29) is 54.8 Å². The summed E-state index contributed by atoms with van der Waals surface area (Å²) in [7, 11) is 1.53. The predicted molar refractivity (Wildman–Crippen MR) is 175 cm³/mol. The molecule has 1 saturated carbocycles. The highest BCUT2D eigenvalue weighted by atomic mass is 19.4. The normalized spacial score (nSPS) is 23.4. The number of benzene rings is 1. The molecule has 1 aromatic carbocycles. The summed E-state index contributed by atoms with van der Waals surface area (Å²) in [6, 6.07) is 2.89. The first-order chi connectivity index (χ1) is 23.0. The van der Waals surface area contributed by atoms with Gasteiger partial charge in [-0.05, 0) is 59.5 Å². The number of piperidine rings is 1. The van der Waals surface area contributed by atoms with Gasteiger partial charge in [-0.25, -0.2) is 4.79 Å². The second kappa shape index (κ2) is 15.3. The molecular weight excluding hydrogens is 643 g/mol. The van der Waals surface area contributed by atoms with E-state index in [1.807, 2.05) is 52.0 Å². The highest BCUT2D eigenvalue weighted by Crippen LogP contribution is 2.55. The van der Waals surface area contributed by atoms with Crippen LogP contribution in [0.1, 0.15) is 51.7 Å². The molecule has 1 heterocycles. The number of methoxy groups -OCH3 is 1. The summed E-state index contributed by atoms with van der Waals surface area (Å²) in [5.74, 6) is -4.30. The minimum atomic E-state index is -4.64. The average Bonchev–Trinajstić information content (AvgIpc) is 3.36. The molecule has 270 valence electrons. The SMILES string of the molecule is C=CCNC(=O)C(=O)C(CCC(F)(F)F)NC(=O)C1C2[C@@H](C)[C@H]2CN1C(=O)C(NC(=O)NC(COC)C(C)(C)C)C1Cc2ccccc2C1. The van der Waals surface area contributed by atoms with Gasteiger partial charge in [0.05, 0.1) is 18.7 Å². The number of alkyl halides is 3. The maximum Gasteiger partial charge on any atom is 0.389 e. The number of amides is 5. The van der Waals surface area contributed by atoms with Gasteiger partial charge in [-0.2, -0.15) is 13.2 Å². The molecule has 49 heavy (non-hydrogen) atoms. The molecule has 0 spiro atoms. The van der Waals surface area contributed by atoms with Crippen molar-refractivity contribution in [1.82, 2.24) is 26.2 Å². The number of halogens is 3. The first-order valence-corrected chi connectivity index (χ1v) is 16.7. The quantitative estimate of drug-likeness (QED) is 0.175. The first kappa shape index (κ1) is 37.9. The van der Waals surface area contributed by atoms with Crippen LogP contribution >= 0.6 is 0 Å². The van der Waals surface area contributed by atoms with Crippen LogP contribution in [0.3, 0.4) is 0 Å². The van der Waals surface area contributed by atoms with Gasteiger partial charge in [0.25, 0.3) is 5.91 Å². The number of carbonyl (C=O) groups excluding carboxylic acids is 5. The van der Waals surface area contributed by atoms with Crippen LogP contribution in [-0.2, 0) is 36.8 Å². The van der Waals surface area contributed by atoms with Gasteiger partial charge < -0.3 is 30.9 Å². The smallest absolute Gasteiger partial charge is 0.383 e. The molecule has 11 nitrogen and oxygen atoms in total. The van der Waals surface area contributed by atoms with E-state index in [0.29, 0.717) is 12.8 Å². The molecule has 4 rings (SSSR count). The van der Waals surface area contributed by atoms with Crippen molar-refractivity contribution in [3.8, 4) is 0 Å². The number of likely N-dealkylation sites (tertiary alicyclic amines) is 1. The third-order valence-corrected chi connectivity index (χ3v) is 10.1. The number of Topliss-reactive ketones (excluding diaryl/α,β-unsaturated/α-hetero) is 1. The molecule has 2 fully saturated rings. The third kappa shape index (κ3) is 9.20. The molecule has 1 aromatic rings. The van der Waals surface area contributed by atoms with Gasteiger partial charge in [-0.15, -0.1) is 6.58 Å². The molecule has 5 unspecified atom stereocenters. The minimum Gasteiger partial charge on any atom is -0.383 e. The standard InChI is InChI=1S/C35H48F3N5O6/c1-7-14-39-31(46)29(44)24(12-13-35(36,37)38)40-30(45)28-26-19(2)23(26)17-43(28)32(47)27(22-15-20-10-8-9-11-21(20)16-22)42-33(48)41-25(18-49-6)34(3,4)5/h7-11,19,22-28H,1,12-18H2,2-6H3,(H,39,46)(H,40,45)(H2,41,42,48)/t19-,23+,24?,25?,26?,27?,28?/m0/s1. The van der Waals surface area contributed by atoms with E-state index >= 15 is 0 Å². The topological polar surface area (TPSA) is 146 Å². The van der Waals surface area contributed by atoms with E-state index in [1.54, 1.807) is 0 Å². The van der Waals surface area contributed by atoms with Crippen molar-refractivity contribution in [3.05, 3.63) is 48.0 Å². The molecule has 0 radical (unpaired) electrons. The van der Waals surface area contributed by atoms with Crippen LogP contribution in [0, 0.1) is 29.1 Å². The van der Waals surface area contributed by atoms with Crippen molar-refractivity contribution < 1.29 is 41.9 Å². The van der Waals surface area contributed by atoms with Gasteiger partial charge in [0, 0.05) is 26.6 Å². The zero-order valence-electron chi connectivity index (χ0n) is 28.7. The number of ether oxygens (including phenoxy) is 1. The lowest BCUT2D eigenvalue weighted by Gasteiger charge is -2.35. The zero-order valence-corrected chi connectivity index (χ0v) is 28.7. The van der Waals surface area contributed by atoms with Crippen molar-refractivity contribution >= 4 is 29.5 Å². The van der Waals surface area contributed by atoms with Crippen molar-refractivity contribution in [3.63, 3.8) is 0 Å². The fraction of sp³-hybridized carbons (Fsp3) is 0.629. The average molecular weight is 692 g/mol. The summed E-state index contributed by atoms with van der Waals surface area (Å²) in [5.41, 5.74) is 1.73. The first-order valence-electron chi connectivity index (χ1n) is 16.7. The van der Waals surface area contributed by atoms with Gasteiger partial charge in [0.15, 0.2) is 0 Å². The molecule has 1 saturated heterocycles. The van der Waals surface area contributed by atoms with Gasteiger partial charge in [-0.3, -0.25) is 19.2 Å². The summed E-state index contributed by atoms with van der Waals surface area (Å²) >= 11 is 0. The molecule has 5 amide bonds. The lowest BCUT2D eigenvalue weighted by molar-refractivity contribution is -0.147. The fourth-order valence-electron chi connectivity index (χ4n) is 7.13. The Morgan fingerprint density at radius 1 is 1.04 bits per heavy atom. The van der Waals surface area contributed by atoms with Gasteiger partial charge in [-0.1, -0.05) is 58.0 Å². The summed E-state index contributed by atoms with van der Waals surface area (Å²) in [6.45, 7) is 11.6. The molecule has 2 aliphatic carbocycles. The Bertz CT molecular complexity index is 1400. The Balaban J connectivity index is 1.59. The Morgan fingerprint density at radius 2 is 1.67 bits per heavy atom. The number of nitrogens with zero attached hydrogens (tertiary/aromatic N) is 1. The number of rotatable bonds is 14. The molecule has 3 aliphatic rings. The van der Waals surface area contributed by atoms with Crippen LogP contribution in [0.15, 0.2) is 36.9 Å². The van der Waals surface area contributed by atoms with Crippen LogP contribution in [0.4, 0.5) is 18.0 Å². The number of hydrogen-bond acceptors (Lipinski definition) is 6. The number of hydrogen-bond donors (Lipinski definition) is 4. The second-order valence-electron chi connectivity index (χ2n) is 14.5. The summed E-state index contributed by atoms with van der Waals surface area (Å²) in [4.78, 5) is 68.6. The molecular formula is C35H48F3N5O6. The maximum absolute atomic E-state index is 14.5. The summed E-state index contributed by atoms with van der Waals surface area (Å²) in [5, 5.41) is 10.5. The van der Waals surface area contributed by atoms with Gasteiger partial charge in [0.1, 0.15) is 12.1 Å². The predicted octanol–water partition coefficient (Wildman–Crippen LogP) is 2.92.